The summed E-state index contributed by atoms with van der Waals surface area (Å²) in [6, 6.07) is 10.4. The Morgan fingerprint density at radius 2 is 1.60 bits per heavy atom. The largest absolute Gasteiger partial charge is 0.388 e. The minimum Gasteiger partial charge on any atom is -0.388 e. The highest BCUT2D eigenvalue weighted by Crippen LogP contribution is 2.24. The molecule has 2 aromatic rings. The first kappa shape index (κ1) is 23.8. The molecule has 2 rings (SSSR count). The molecule has 4 heteroatoms. The Hall–Kier alpha value is -2.49. The molecule has 0 aliphatic carbocycles. The number of nitrogens with zero attached hydrogens (tertiary/aromatic N) is 2. The zero-order valence-electron chi connectivity index (χ0n) is 18.6. The van der Waals surface area contributed by atoms with Crippen LogP contribution in [0.3, 0.4) is 0 Å². The van der Waals surface area contributed by atoms with Gasteiger partial charge in [0.1, 0.15) is 0 Å². The Morgan fingerprint density at radius 1 is 0.933 bits per heavy atom. The summed E-state index contributed by atoms with van der Waals surface area (Å²) in [5, 5.41) is 0. The van der Waals surface area contributed by atoms with Crippen LogP contribution in [0.15, 0.2) is 54.9 Å². The van der Waals surface area contributed by atoms with Crippen molar-refractivity contribution in [3.05, 3.63) is 66.0 Å². The molecule has 4 nitrogen and oxygen atoms in total. The third-order valence-electron chi connectivity index (χ3n) is 5.25. The van der Waals surface area contributed by atoms with Crippen LogP contribution < -0.4 is 4.74 Å². The van der Waals surface area contributed by atoms with Crippen LogP contribution in [0.1, 0.15) is 88.7 Å². The molecule has 0 aliphatic rings. The summed E-state index contributed by atoms with van der Waals surface area (Å²) in [5.41, 5.74) is 2.30. The fraction of sp³-hybridized carbons (Fsp3) is 0.500. The van der Waals surface area contributed by atoms with Gasteiger partial charge in [0.25, 0.3) is 0 Å². The van der Waals surface area contributed by atoms with Crippen molar-refractivity contribution in [3.63, 3.8) is 0 Å². The minimum absolute atomic E-state index is 0.113. The third-order valence-corrected chi connectivity index (χ3v) is 5.25. The highest BCUT2D eigenvalue weighted by molar-refractivity contribution is 5.83. The monoisotopic (exact) mass is 408 g/mol. The smallest absolute Gasteiger partial charge is 0.338 e. The molecular formula is C26H36N2O2. The van der Waals surface area contributed by atoms with E-state index in [9.17, 15) is 4.79 Å². The van der Waals surface area contributed by atoms with Crippen LogP contribution in [0.2, 0.25) is 0 Å². The predicted molar refractivity (Wildman–Crippen MR) is 123 cm³/mol. The molecule has 0 bridgehead atoms. The quantitative estimate of drug-likeness (QED) is 0.196. The Labute approximate surface area is 181 Å². The van der Waals surface area contributed by atoms with Gasteiger partial charge in [0.05, 0.1) is 0 Å². The predicted octanol–water partition coefficient (Wildman–Crippen LogP) is 6.82. The third kappa shape index (κ3) is 9.34. The van der Waals surface area contributed by atoms with Crippen molar-refractivity contribution in [3.8, 4) is 6.01 Å². The molecule has 1 aromatic carbocycles. The van der Waals surface area contributed by atoms with Crippen LogP contribution in [0.25, 0.3) is 0 Å². The lowest BCUT2D eigenvalue weighted by Gasteiger charge is -2.13. The zero-order chi connectivity index (χ0) is 21.4. The summed E-state index contributed by atoms with van der Waals surface area (Å²) in [6.45, 7) is 4.42. The lowest BCUT2D eigenvalue weighted by atomic mass is 9.93. The van der Waals surface area contributed by atoms with Crippen molar-refractivity contribution in [2.45, 2.75) is 84.0 Å². The molecule has 0 saturated carbocycles. The van der Waals surface area contributed by atoms with Crippen LogP contribution >= 0.6 is 0 Å². The first-order valence-electron chi connectivity index (χ1n) is 11.5. The second-order valence-corrected chi connectivity index (χ2v) is 7.83. The second kappa shape index (κ2) is 14.5. The minimum atomic E-state index is -0.432. The molecular weight excluding hydrogens is 372 g/mol. The molecule has 0 N–H and O–H groups in total. The molecule has 0 radical (unpaired) electrons. The number of aromatic nitrogens is 2. The van der Waals surface area contributed by atoms with E-state index in [-0.39, 0.29) is 11.9 Å². The van der Waals surface area contributed by atoms with Gasteiger partial charge in [-0.25, -0.2) is 14.8 Å². The van der Waals surface area contributed by atoms with Crippen LogP contribution in [-0.2, 0) is 11.2 Å². The normalized spacial score (nSPS) is 12.2. The van der Waals surface area contributed by atoms with Crippen molar-refractivity contribution < 1.29 is 9.53 Å². The number of esters is 1. The number of ether oxygens (including phenoxy) is 1. The number of hydrogen-bond donors (Lipinski definition) is 0. The van der Waals surface area contributed by atoms with Gasteiger partial charge in [0.2, 0.25) is 0 Å². The van der Waals surface area contributed by atoms with E-state index in [1.807, 2.05) is 24.3 Å². The van der Waals surface area contributed by atoms with Gasteiger partial charge in [-0.05, 0) is 30.4 Å². The van der Waals surface area contributed by atoms with Gasteiger partial charge in [-0.15, -0.1) is 0 Å². The summed E-state index contributed by atoms with van der Waals surface area (Å²) in [4.78, 5) is 20.6. The van der Waals surface area contributed by atoms with Gasteiger partial charge in [0.15, 0.2) is 0 Å². The van der Waals surface area contributed by atoms with Crippen LogP contribution in [-0.4, -0.2) is 15.9 Å². The summed E-state index contributed by atoms with van der Waals surface area (Å²) >= 11 is 0. The first-order valence-corrected chi connectivity index (χ1v) is 11.5. The van der Waals surface area contributed by atoms with Gasteiger partial charge in [-0.2, -0.15) is 0 Å². The second-order valence-electron chi connectivity index (χ2n) is 7.83. The van der Waals surface area contributed by atoms with E-state index in [1.165, 1.54) is 50.2 Å². The van der Waals surface area contributed by atoms with E-state index in [0.717, 1.165) is 31.2 Å². The van der Waals surface area contributed by atoms with Gasteiger partial charge in [-0.3, -0.25) is 0 Å². The molecule has 162 valence electrons. The number of unbranched alkanes of at least 4 members (excludes halogenated alkanes) is 6. The molecule has 0 saturated heterocycles. The number of benzene rings is 1. The number of aryl methyl sites for hydroxylation is 1. The molecule has 1 unspecified atom stereocenters. The number of carbonyl (C=O) groups excluding carboxylic acids is 1. The molecule has 30 heavy (non-hydrogen) atoms. The molecule has 0 fully saturated rings. The van der Waals surface area contributed by atoms with Crippen LogP contribution in [0.5, 0.6) is 6.01 Å². The maximum atomic E-state index is 12.2. The van der Waals surface area contributed by atoms with Gasteiger partial charge >= 0.3 is 12.0 Å². The van der Waals surface area contributed by atoms with Crippen LogP contribution in [0, 0.1) is 0 Å². The summed E-state index contributed by atoms with van der Waals surface area (Å²) in [5.74, 6) is -0.222. The Morgan fingerprint density at radius 3 is 2.30 bits per heavy atom. The fourth-order valence-electron chi connectivity index (χ4n) is 3.46. The maximum Gasteiger partial charge on any atom is 0.338 e. The molecule has 0 amide bonds. The van der Waals surface area contributed by atoms with Gasteiger partial charge in [-0.1, -0.05) is 95.2 Å². The van der Waals surface area contributed by atoms with Gasteiger partial charge < -0.3 is 4.74 Å². The summed E-state index contributed by atoms with van der Waals surface area (Å²) < 4.78 is 5.29. The SMILES string of the molecule is CCCCCCCc1cnc(OC(=O)C=CC(CCCCC)c2ccccc2)nc1. The molecule has 1 atom stereocenters. The number of rotatable bonds is 14. The van der Waals surface area contributed by atoms with Crippen molar-refractivity contribution in [2.75, 3.05) is 0 Å². The number of carbonyl (C=O) groups is 1. The highest BCUT2D eigenvalue weighted by Gasteiger charge is 2.10. The van der Waals surface area contributed by atoms with E-state index in [4.69, 9.17) is 4.74 Å². The molecule has 0 aliphatic heterocycles. The van der Waals surface area contributed by atoms with E-state index >= 15 is 0 Å². The van der Waals surface area contributed by atoms with Crippen LogP contribution in [0.4, 0.5) is 0 Å². The van der Waals surface area contributed by atoms with Gasteiger partial charge in [0, 0.05) is 24.4 Å². The van der Waals surface area contributed by atoms with E-state index < -0.39 is 5.97 Å². The average molecular weight is 409 g/mol. The summed E-state index contributed by atoms with van der Waals surface area (Å²) in [6.07, 6.45) is 18.7. The highest BCUT2D eigenvalue weighted by atomic mass is 16.5. The molecule has 1 aromatic heterocycles. The Bertz CT molecular complexity index is 741. The lowest BCUT2D eigenvalue weighted by Crippen LogP contribution is -2.08. The summed E-state index contributed by atoms with van der Waals surface area (Å²) in [7, 11) is 0. The first-order chi connectivity index (χ1) is 14.7. The number of allylic oxidation sites excluding steroid dienone is 1. The zero-order valence-corrected chi connectivity index (χ0v) is 18.6. The van der Waals surface area contributed by atoms with E-state index in [2.05, 4.69) is 35.9 Å². The van der Waals surface area contributed by atoms with Crippen molar-refractivity contribution in [1.82, 2.24) is 9.97 Å². The van der Waals surface area contributed by atoms with E-state index in [0.29, 0.717) is 0 Å². The Balaban J connectivity index is 1.85. The van der Waals surface area contributed by atoms with Crippen molar-refractivity contribution in [1.29, 1.82) is 0 Å². The standard InChI is InChI=1S/C26H36N2O2/c1-3-5-7-8-11-14-22-20-27-26(28-21-22)30-25(29)19-18-24(15-10-6-4-2)23-16-12-9-13-17-23/h9,12-13,16-21,24H,3-8,10-11,14-15H2,1-2H3. The molecule has 1 heterocycles. The number of hydrogen-bond acceptors (Lipinski definition) is 4. The van der Waals surface area contributed by atoms with E-state index in [1.54, 1.807) is 12.4 Å². The maximum absolute atomic E-state index is 12.2. The topological polar surface area (TPSA) is 52.1 Å². The van der Waals surface area contributed by atoms with Crippen molar-refractivity contribution >= 4 is 5.97 Å². The fourth-order valence-corrected chi connectivity index (χ4v) is 3.46. The lowest BCUT2D eigenvalue weighted by molar-refractivity contribution is -0.129. The molecule has 0 spiro atoms. The Kier molecular flexibility index (Phi) is 11.5. The van der Waals surface area contributed by atoms with Crippen molar-refractivity contribution in [2.24, 2.45) is 0 Å². The average Bonchev–Trinajstić information content (AvgIpc) is 2.78.